The lowest BCUT2D eigenvalue weighted by molar-refractivity contribution is -0.118. The Bertz CT molecular complexity index is 543. The molecule has 0 unspecified atom stereocenters. The molecule has 0 aromatic heterocycles. The molecule has 112 valence electrons. The largest absolute Gasteiger partial charge is 0.444 e. The van der Waals surface area contributed by atoms with Crippen molar-refractivity contribution in [2.75, 3.05) is 0 Å². The van der Waals surface area contributed by atoms with Crippen molar-refractivity contribution in [2.45, 2.75) is 38.8 Å². The lowest BCUT2D eigenvalue weighted by Crippen LogP contribution is -2.45. The van der Waals surface area contributed by atoms with Gasteiger partial charge in [-0.15, -0.1) is 0 Å². The summed E-state index contributed by atoms with van der Waals surface area (Å²) < 4.78 is 5.12. The predicted molar refractivity (Wildman–Crippen MR) is 78.0 cm³/mol. The molecule has 6 nitrogen and oxygen atoms in total. The van der Waals surface area contributed by atoms with Crippen molar-refractivity contribution in [3.8, 4) is 0 Å². The zero-order valence-electron chi connectivity index (χ0n) is 12.4. The number of carbonyl (C=O) groups excluding carboxylic acids is 2. The van der Waals surface area contributed by atoms with Gasteiger partial charge in [0.15, 0.2) is 0 Å². The Morgan fingerprint density at radius 1 is 1.33 bits per heavy atom. The van der Waals surface area contributed by atoms with E-state index >= 15 is 0 Å². The van der Waals surface area contributed by atoms with Crippen LogP contribution in [0.2, 0.25) is 0 Å². The fourth-order valence-electron chi connectivity index (χ4n) is 1.67. The fourth-order valence-corrected chi connectivity index (χ4v) is 1.67. The fraction of sp³-hybridized carbons (Fsp3) is 0.400. The summed E-state index contributed by atoms with van der Waals surface area (Å²) in [5.41, 5.74) is 8.69. The van der Waals surface area contributed by atoms with Gasteiger partial charge in [-0.1, -0.05) is 30.3 Å². The molecule has 21 heavy (non-hydrogen) atoms. The summed E-state index contributed by atoms with van der Waals surface area (Å²) in [6.07, 6.45) is 0.360. The number of ether oxygens (including phenoxy) is 1. The molecular weight excluding hydrogens is 270 g/mol. The highest BCUT2D eigenvalue weighted by Crippen LogP contribution is 2.08. The maximum atomic E-state index is 11.9. The van der Waals surface area contributed by atoms with Crippen LogP contribution in [0.15, 0.2) is 30.3 Å². The molecule has 0 spiro atoms. The van der Waals surface area contributed by atoms with E-state index in [-0.39, 0.29) is 6.42 Å². The number of alkyl carbamates (subject to hydrolysis) is 1. The molecule has 0 heterocycles. The van der Waals surface area contributed by atoms with Gasteiger partial charge in [-0.3, -0.25) is 4.79 Å². The van der Waals surface area contributed by atoms with E-state index in [0.29, 0.717) is 0 Å². The Morgan fingerprint density at radius 3 is 2.48 bits per heavy atom. The van der Waals surface area contributed by atoms with Crippen molar-refractivity contribution in [1.29, 1.82) is 0 Å². The molecule has 0 saturated carbocycles. The molecule has 0 aliphatic heterocycles. The lowest BCUT2D eigenvalue weighted by Gasteiger charge is -2.22. The van der Waals surface area contributed by atoms with Crippen molar-refractivity contribution in [3.63, 3.8) is 0 Å². The second kappa shape index (κ2) is 7.36. The van der Waals surface area contributed by atoms with E-state index < -0.39 is 23.5 Å². The number of amides is 1. The lowest BCUT2D eigenvalue weighted by atomic mass is 10.0. The van der Waals surface area contributed by atoms with Gasteiger partial charge in [-0.05, 0) is 26.3 Å². The first-order valence-electron chi connectivity index (χ1n) is 6.56. The molecule has 1 aromatic carbocycles. The van der Waals surface area contributed by atoms with Crippen LogP contribution in [0.1, 0.15) is 26.3 Å². The zero-order chi connectivity index (χ0) is 15.9. The molecule has 1 N–H and O–H groups in total. The zero-order valence-corrected chi connectivity index (χ0v) is 12.4. The molecule has 1 aromatic rings. The first-order chi connectivity index (χ1) is 9.81. The van der Waals surface area contributed by atoms with E-state index in [1.807, 2.05) is 30.3 Å². The Balaban J connectivity index is 2.80. The molecular formula is C15H19N3O3. The smallest absolute Gasteiger partial charge is 0.408 e. The Morgan fingerprint density at radius 2 is 1.95 bits per heavy atom. The predicted octanol–water partition coefficient (Wildman–Crippen LogP) is 1.99. The van der Waals surface area contributed by atoms with Gasteiger partial charge in [0.2, 0.25) is 0 Å². The van der Waals surface area contributed by atoms with Crippen LogP contribution < -0.4 is 5.32 Å². The molecule has 0 saturated heterocycles. The molecule has 0 radical (unpaired) electrons. The minimum atomic E-state index is -0.849. The number of ketones is 1. The third kappa shape index (κ3) is 6.49. The third-order valence-electron chi connectivity index (χ3n) is 2.50. The second-order valence-electron chi connectivity index (χ2n) is 5.54. The van der Waals surface area contributed by atoms with Gasteiger partial charge in [0.05, 0.1) is 0 Å². The molecule has 0 aliphatic carbocycles. The maximum Gasteiger partial charge on any atom is 0.408 e. The average molecular weight is 289 g/mol. The summed E-state index contributed by atoms with van der Waals surface area (Å²) in [4.78, 5) is 26.4. The van der Waals surface area contributed by atoms with E-state index in [2.05, 4.69) is 10.1 Å². The minimum absolute atomic E-state index is 0.283. The summed E-state index contributed by atoms with van der Waals surface area (Å²) >= 11 is 0. The highest BCUT2D eigenvalue weighted by Gasteiger charge is 2.25. The van der Waals surface area contributed by atoms with E-state index in [1.54, 1.807) is 20.8 Å². The summed E-state index contributed by atoms with van der Waals surface area (Å²) in [5.74, 6) is -0.507. The maximum absolute atomic E-state index is 11.9. The first-order valence-corrected chi connectivity index (χ1v) is 6.56. The van der Waals surface area contributed by atoms with Crippen molar-refractivity contribution in [2.24, 2.45) is 0 Å². The van der Waals surface area contributed by atoms with Crippen LogP contribution in [-0.4, -0.2) is 34.5 Å². The van der Waals surface area contributed by atoms with Crippen molar-refractivity contribution in [1.82, 2.24) is 5.32 Å². The second-order valence-corrected chi connectivity index (χ2v) is 5.54. The van der Waals surface area contributed by atoms with E-state index in [9.17, 15) is 9.59 Å². The number of nitrogens with one attached hydrogen (secondary N) is 1. The SMILES string of the molecule is CC(C)(C)OC(=O)N[C@H](Cc1ccccc1)C(=O)C=[N+]=[N-]. The van der Waals surface area contributed by atoms with E-state index in [1.165, 1.54) is 0 Å². The van der Waals surface area contributed by atoms with Crippen LogP contribution in [0.3, 0.4) is 0 Å². The minimum Gasteiger partial charge on any atom is -0.444 e. The van der Waals surface area contributed by atoms with Crippen molar-refractivity contribution < 1.29 is 19.1 Å². The molecule has 0 bridgehead atoms. The van der Waals surface area contributed by atoms with Crippen LogP contribution in [0.5, 0.6) is 0 Å². The number of benzene rings is 1. The third-order valence-corrected chi connectivity index (χ3v) is 2.50. The quantitative estimate of drug-likeness (QED) is 0.510. The summed E-state index contributed by atoms with van der Waals surface area (Å²) in [6, 6.07) is 8.37. The van der Waals surface area contributed by atoms with E-state index in [0.717, 1.165) is 11.8 Å². The van der Waals surface area contributed by atoms with Crippen LogP contribution in [0.25, 0.3) is 5.53 Å². The van der Waals surface area contributed by atoms with Gasteiger partial charge in [0.25, 0.3) is 5.78 Å². The highest BCUT2D eigenvalue weighted by molar-refractivity contribution is 6.28. The number of hydrogen-bond donors (Lipinski definition) is 1. The van der Waals surface area contributed by atoms with Gasteiger partial charge in [0, 0.05) is 6.42 Å². The van der Waals surface area contributed by atoms with Crippen LogP contribution in [0, 0.1) is 0 Å². The van der Waals surface area contributed by atoms with Gasteiger partial charge < -0.3 is 15.6 Å². The van der Waals surface area contributed by atoms with Crippen molar-refractivity contribution in [3.05, 3.63) is 41.4 Å². The monoisotopic (exact) mass is 289 g/mol. The molecule has 1 atom stereocenters. The number of nitrogens with zero attached hydrogens (tertiary/aromatic N) is 2. The standard InChI is InChI=1S/C15H19N3O3/c1-15(2,3)21-14(20)18-12(13(19)10-17-16)9-11-7-5-4-6-8-11/h4-8,10,12H,9H2,1-3H3,(H,18,20)/t12-/m1/s1. The summed E-state index contributed by atoms with van der Waals surface area (Å²) in [5, 5.41) is 2.49. The molecule has 0 aliphatic rings. The summed E-state index contributed by atoms with van der Waals surface area (Å²) in [6.45, 7) is 5.20. The van der Waals surface area contributed by atoms with E-state index in [4.69, 9.17) is 10.3 Å². The number of carbonyl (C=O) groups is 2. The number of rotatable bonds is 5. The van der Waals surface area contributed by atoms with Crippen LogP contribution >= 0.6 is 0 Å². The Labute approximate surface area is 123 Å². The molecule has 0 fully saturated rings. The number of Topliss-reactive ketones (excluding diaryl/α,β-unsaturated/α-hetero) is 1. The van der Waals surface area contributed by atoms with Crippen LogP contribution in [0.4, 0.5) is 4.79 Å². The normalized spacial score (nSPS) is 12.0. The Hall–Kier alpha value is -2.46. The summed E-state index contributed by atoms with van der Waals surface area (Å²) in [7, 11) is 0. The number of hydrogen-bond acceptors (Lipinski definition) is 3. The van der Waals surface area contributed by atoms with Crippen LogP contribution in [-0.2, 0) is 16.0 Å². The average Bonchev–Trinajstić information content (AvgIpc) is 2.37. The van der Waals surface area contributed by atoms with Crippen molar-refractivity contribution >= 4 is 18.1 Å². The highest BCUT2D eigenvalue weighted by atomic mass is 16.6. The molecule has 6 heteroatoms. The Kier molecular flexibility index (Phi) is 5.81. The first kappa shape index (κ1) is 16.6. The van der Waals surface area contributed by atoms with Gasteiger partial charge in [0.1, 0.15) is 11.6 Å². The molecule has 1 rings (SSSR count). The topological polar surface area (TPSA) is 91.8 Å². The molecule has 1 amide bonds. The van der Waals surface area contributed by atoms with Gasteiger partial charge >= 0.3 is 12.3 Å². The van der Waals surface area contributed by atoms with Gasteiger partial charge in [-0.25, -0.2) is 4.79 Å². The van der Waals surface area contributed by atoms with Gasteiger partial charge in [-0.2, -0.15) is 4.79 Å².